The fraction of sp³-hybridized carbons (Fsp3) is 0.923. The molecule has 4 rings (SSSR count). The second kappa shape index (κ2) is 4.45. The molecule has 0 aromatic rings. The summed E-state index contributed by atoms with van der Waals surface area (Å²) in [6.45, 7) is -0.237. The van der Waals surface area contributed by atoms with Crippen molar-refractivity contribution < 1.29 is 22.5 Å². The predicted octanol–water partition coefficient (Wildman–Crippen LogP) is 1.63. The second-order valence-electron chi connectivity index (χ2n) is 6.62. The fourth-order valence-electron chi connectivity index (χ4n) is 4.75. The van der Waals surface area contributed by atoms with Crippen LogP contribution in [0.4, 0.5) is 0 Å². The highest BCUT2D eigenvalue weighted by Gasteiger charge is 2.55. The van der Waals surface area contributed by atoms with Gasteiger partial charge in [0, 0.05) is 0 Å². The summed E-state index contributed by atoms with van der Waals surface area (Å²) < 4.78 is 35.0. The Morgan fingerprint density at radius 2 is 1.58 bits per heavy atom. The lowest BCUT2D eigenvalue weighted by Crippen LogP contribution is -2.50. The molecular weight excluding hydrogens is 268 g/mol. The van der Waals surface area contributed by atoms with Gasteiger partial charge in [-0.2, -0.15) is 8.42 Å². The molecule has 4 fully saturated rings. The van der Waals surface area contributed by atoms with Crippen LogP contribution < -0.4 is 0 Å². The zero-order chi connectivity index (χ0) is 13.7. The Balaban J connectivity index is 1.63. The summed E-state index contributed by atoms with van der Waals surface area (Å²) in [7, 11) is -4.05. The van der Waals surface area contributed by atoms with Gasteiger partial charge in [-0.3, -0.25) is 9.35 Å². The van der Waals surface area contributed by atoms with Crippen molar-refractivity contribution in [3.63, 3.8) is 0 Å². The summed E-state index contributed by atoms with van der Waals surface area (Å²) in [4.78, 5) is 12.3. The summed E-state index contributed by atoms with van der Waals surface area (Å²) in [6.07, 6.45) is 6.46. The summed E-state index contributed by atoms with van der Waals surface area (Å²) in [6, 6.07) is 0. The quantitative estimate of drug-likeness (QED) is 0.628. The number of esters is 1. The SMILES string of the molecule is O=C(OCCS(=O)(=O)O)C12CC3CC(CC(C3)C1)C2. The maximum absolute atomic E-state index is 12.3. The van der Waals surface area contributed by atoms with Crippen molar-refractivity contribution in [2.75, 3.05) is 12.4 Å². The maximum Gasteiger partial charge on any atom is 0.312 e. The highest BCUT2D eigenvalue weighted by atomic mass is 32.2. The van der Waals surface area contributed by atoms with E-state index in [0.717, 1.165) is 19.3 Å². The molecular formula is C13H20O5S. The van der Waals surface area contributed by atoms with Crippen LogP contribution in [0.2, 0.25) is 0 Å². The molecule has 19 heavy (non-hydrogen) atoms. The molecule has 0 aromatic carbocycles. The van der Waals surface area contributed by atoms with Gasteiger partial charge < -0.3 is 4.74 Å². The molecule has 1 N–H and O–H groups in total. The van der Waals surface area contributed by atoms with Gasteiger partial charge in [0.1, 0.15) is 12.4 Å². The van der Waals surface area contributed by atoms with E-state index in [-0.39, 0.29) is 18.0 Å². The summed E-state index contributed by atoms with van der Waals surface area (Å²) in [5.74, 6) is 1.21. The molecule has 0 aromatic heterocycles. The van der Waals surface area contributed by atoms with Crippen LogP contribution in [0.15, 0.2) is 0 Å². The van der Waals surface area contributed by atoms with E-state index < -0.39 is 15.9 Å². The van der Waals surface area contributed by atoms with Crippen LogP contribution in [0.25, 0.3) is 0 Å². The molecule has 0 unspecified atom stereocenters. The molecule has 0 spiro atoms. The molecule has 6 heteroatoms. The molecule has 0 saturated heterocycles. The third-order valence-corrected chi connectivity index (χ3v) is 5.73. The van der Waals surface area contributed by atoms with Gasteiger partial charge in [-0.25, -0.2) is 0 Å². The largest absolute Gasteiger partial charge is 0.464 e. The topological polar surface area (TPSA) is 80.7 Å². The van der Waals surface area contributed by atoms with E-state index in [1.807, 2.05) is 0 Å². The van der Waals surface area contributed by atoms with Crippen molar-refractivity contribution in [2.24, 2.45) is 23.2 Å². The minimum atomic E-state index is -4.05. The first-order chi connectivity index (χ1) is 8.86. The number of ether oxygens (including phenoxy) is 1. The normalized spacial score (nSPS) is 40.4. The van der Waals surface area contributed by atoms with Crippen LogP contribution in [0.3, 0.4) is 0 Å². The molecule has 4 aliphatic carbocycles. The number of carbonyl (C=O) groups excluding carboxylic acids is 1. The number of hydrogen-bond acceptors (Lipinski definition) is 4. The van der Waals surface area contributed by atoms with E-state index in [4.69, 9.17) is 9.29 Å². The van der Waals surface area contributed by atoms with E-state index in [0.29, 0.717) is 17.8 Å². The zero-order valence-electron chi connectivity index (χ0n) is 10.9. The fourth-order valence-corrected chi connectivity index (χ4v) is 5.05. The van der Waals surface area contributed by atoms with Gasteiger partial charge in [0.2, 0.25) is 0 Å². The van der Waals surface area contributed by atoms with E-state index in [2.05, 4.69) is 0 Å². The predicted molar refractivity (Wildman–Crippen MR) is 68.0 cm³/mol. The van der Waals surface area contributed by atoms with Crippen molar-refractivity contribution in [3.05, 3.63) is 0 Å². The first kappa shape index (κ1) is 13.4. The van der Waals surface area contributed by atoms with Crippen molar-refractivity contribution in [1.82, 2.24) is 0 Å². The van der Waals surface area contributed by atoms with Crippen molar-refractivity contribution >= 4 is 16.1 Å². The highest BCUT2D eigenvalue weighted by molar-refractivity contribution is 7.85. The van der Waals surface area contributed by atoms with Crippen LogP contribution in [0, 0.1) is 23.2 Å². The lowest BCUT2D eigenvalue weighted by molar-refractivity contribution is -0.170. The van der Waals surface area contributed by atoms with Gasteiger partial charge in [-0.05, 0) is 56.3 Å². The van der Waals surface area contributed by atoms with Gasteiger partial charge in [0.25, 0.3) is 10.1 Å². The number of carbonyl (C=O) groups is 1. The monoisotopic (exact) mass is 288 g/mol. The average Bonchev–Trinajstić information content (AvgIpc) is 2.25. The number of rotatable bonds is 4. The molecule has 0 aliphatic heterocycles. The first-order valence-electron chi connectivity index (χ1n) is 6.99. The molecule has 0 amide bonds. The first-order valence-corrected chi connectivity index (χ1v) is 8.60. The Morgan fingerprint density at radius 1 is 1.11 bits per heavy atom. The Labute approximate surface area is 113 Å². The van der Waals surface area contributed by atoms with Crippen LogP contribution in [0.5, 0.6) is 0 Å². The van der Waals surface area contributed by atoms with Crippen molar-refractivity contribution in [2.45, 2.75) is 38.5 Å². The van der Waals surface area contributed by atoms with Gasteiger partial charge in [-0.15, -0.1) is 0 Å². The van der Waals surface area contributed by atoms with Gasteiger partial charge in [0.15, 0.2) is 0 Å². The van der Waals surface area contributed by atoms with Gasteiger partial charge in [0.05, 0.1) is 5.41 Å². The molecule has 4 saturated carbocycles. The molecule has 108 valence electrons. The molecule has 4 bridgehead atoms. The Morgan fingerprint density at radius 3 is 2.00 bits per heavy atom. The summed E-state index contributed by atoms with van der Waals surface area (Å²) in [5, 5.41) is 0. The van der Waals surface area contributed by atoms with Crippen LogP contribution in [-0.4, -0.2) is 31.3 Å². The van der Waals surface area contributed by atoms with Crippen molar-refractivity contribution in [1.29, 1.82) is 0 Å². The third-order valence-electron chi connectivity index (χ3n) is 5.05. The van der Waals surface area contributed by atoms with E-state index >= 15 is 0 Å². The van der Waals surface area contributed by atoms with E-state index in [1.54, 1.807) is 0 Å². The smallest absolute Gasteiger partial charge is 0.312 e. The van der Waals surface area contributed by atoms with E-state index in [1.165, 1.54) is 19.3 Å². The average molecular weight is 288 g/mol. The zero-order valence-corrected chi connectivity index (χ0v) is 11.7. The third kappa shape index (κ3) is 2.65. The Bertz CT molecular complexity index is 446. The summed E-state index contributed by atoms with van der Waals surface area (Å²) >= 11 is 0. The highest BCUT2D eigenvalue weighted by Crippen LogP contribution is 2.60. The lowest BCUT2D eigenvalue weighted by Gasteiger charge is -2.55. The number of hydrogen-bond donors (Lipinski definition) is 1. The standard InChI is InChI=1S/C13H20O5S/c14-12(18-1-2-19(15,16)17)13-6-9-3-10(7-13)5-11(4-9)8-13/h9-11H,1-8H2,(H,15,16,17). The van der Waals surface area contributed by atoms with Crippen LogP contribution in [0.1, 0.15) is 38.5 Å². The molecule has 0 radical (unpaired) electrons. The molecule has 0 atom stereocenters. The van der Waals surface area contributed by atoms with E-state index in [9.17, 15) is 13.2 Å². The van der Waals surface area contributed by atoms with Crippen LogP contribution in [-0.2, 0) is 19.6 Å². The summed E-state index contributed by atoms with van der Waals surface area (Å²) in [5.41, 5.74) is -0.353. The lowest BCUT2D eigenvalue weighted by atomic mass is 9.49. The maximum atomic E-state index is 12.3. The Hall–Kier alpha value is -0.620. The Kier molecular flexibility index (Phi) is 3.13. The van der Waals surface area contributed by atoms with Crippen molar-refractivity contribution in [3.8, 4) is 0 Å². The molecule has 5 nitrogen and oxygen atoms in total. The van der Waals surface area contributed by atoms with Gasteiger partial charge >= 0.3 is 5.97 Å². The second-order valence-corrected chi connectivity index (χ2v) is 8.19. The minimum Gasteiger partial charge on any atom is -0.464 e. The van der Waals surface area contributed by atoms with Crippen LogP contribution >= 0.6 is 0 Å². The van der Waals surface area contributed by atoms with Gasteiger partial charge in [-0.1, -0.05) is 0 Å². The molecule has 4 aliphatic rings. The molecule has 0 heterocycles. The minimum absolute atomic E-state index is 0.237.